The van der Waals surface area contributed by atoms with E-state index in [9.17, 15) is 0 Å². The summed E-state index contributed by atoms with van der Waals surface area (Å²) in [5.41, 5.74) is 0. The first-order chi connectivity index (χ1) is 8.86. The van der Waals surface area contributed by atoms with Crippen LogP contribution in [0.15, 0.2) is 38.9 Å². The molecule has 0 amide bonds. The molecular weight excluding hydrogens is 399 g/mol. The molecule has 0 spiro atoms. The van der Waals surface area contributed by atoms with Gasteiger partial charge in [-0.05, 0) is 0 Å². The number of hydrogen-bond acceptors (Lipinski definition) is 0. The Hall–Kier alpha value is 0.269. The monoisotopic (exact) mass is 426 g/mol. The second-order valence-corrected chi connectivity index (χ2v) is 11.7. The normalized spacial score (nSPS) is 11.8. The van der Waals surface area contributed by atoms with Gasteiger partial charge in [0.15, 0.2) is 0 Å². The van der Waals surface area contributed by atoms with Crippen LogP contribution >= 0.6 is 0 Å². The van der Waals surface area contributed by atoms with E-state index in [4.69, 9.17) is 0 Å². The molecule has 0 unspecified atom stereocenters. The van der Waals surface area contributed by atoms with Gasteiger partial charge in [-0.1, -0.05) is 0 Å². The van der Waals surface area contributed by atoms with E-state index in [0.29, 0.717) is 15.0 Å². The zero-order valence-electron chi connectivity index (χ0n) is 11.5. The molecule has 0 aliphatic carbocycles. The topological polar surface area (TPSA) is 0 Å². The third-order valence-corrected chi connectivity index (χ3v) is 10.00. The SMILES string of the molecule is CCCC/C=C(/[Se]c1ccccc1)[Te]CCCC. The maximum absolute atomic E-state index is 2.58. The Morgan fingerprint density at radius 1 is 1.11 bits per heavy atom. The van der Waals surface area contributed by atoms with Crippen LogP contribution in [-0.4, -0.2) is 35.9 Å². The van der Waals surface area contributed by atoms with E-state index in [1.165, 1.54) is 36.6 Å². The van der Waals surface area contributed by atoms with Gasteiger partial charge in [0.2, 0.25) is 0 Å². The van der Waals surface area contributed by atoms with E-state index in [1.54, 1.807) is 4.46 Å². The molecule has 0 aliphatic heterocycles. The van der Waals surface area contributed by atoms with Crippen LogP contribution in [0.1, 0.15) is 46.0 Å². The fourth-order valence-corrected chi connectivity index (χ4v) is 9.08. The molecule has 0 bridgehead atoms. The summed E-state index contributed by atoms with van der Waals surface area (Å²) >= 11 is 0.716. The summed E-state index contributed by atoms with van der Waals surface area (Å²) in [6.45, 7) is 4.58. The van der Waals surface area contributed by atoms with Crippen LogP contribution in [0.4, 0.5) is 0 Å². The second-order valence-electron chi connectivity index (χ2n) is 4.28. The van der Waals surface area contributed by atoms with E-state index < -0.39 is 0 Å². The molecule has 0 fully saturated rings. The number of unbranched alkanes of at least 4 members (excludes halogenated alkanes) is 3. The van der Waals surface area contributed by atoms with Gasteiger partial charge >= 0.3 is 130 Å². The fraction of sp³-hybridized carbons (Fsp3) is 0.500. The van der Waals surface area contributed by atoms with Crippen molar-refractivity contribution in [3.8, 4) is 0 Å². The quantitative estimate of drug-likeness (QED) is 0.417. The van der Waals surface area contributed by atoms with Crippen molar-refractivity contribution < 1.29 is 0 Å². The Bertz CT molecular complexity index is 332. The van der Waals surface area contributed by atoms with Crippen LogP contribution in [0.25, 0.3) is 0 Å². The van der Waals surface area contributed by atoms with Crippen LogP contribution < -0.4 is 4.46 Å². The van der Waals surface area contributed by atoms with Crippen molar-refractivity contribution in [2.24, 2.45) is 0 Å². The van der Waals surface area contributed by atoms with Gasteiger partial charge in [0.05, 0.1) is 0 Å². The number of rotatable bonds is 9. The summed E-state index contributed by atoms with van der Waals surface area (Å²) in [6, 6.07) is 11.1. The van der Waals surface area contributed by atoms with Gasteiger partial charge < -0.3 is 0 Å². The van der Waals surface area contributed by atoms with Crippen molar-refractivity contribution in [2.45, 2.75) is 50.4 Å². The molecule has 0 saturated heterocycles. The zero-order valence-corrected chi connectivity index (χ0v) is 15.6. The molecule has 1 aromatic rings. The molecular formula is C16H24SeTe. The number of benzene rings is 1. The third-order valence-electron chi connectivity index (χ3n) is 2.57. The summed E-state index contributed by atoms with van der Waals surface area (Å²) in [6.07, 6.45) is 9.34. The van der Waals surface area contributed by atoms with Crippen LogP contribution in [0.5, 0.6) is 0 Å². The second kappa shape index (κ2) is 11.1. The Morgan fingerprint density at radius 2 is 1.83 bits per heavy atom. The molecule has 0 aromatic heterocycles. The van der Waals surface area contributed by atoms with Gasteiger partial charge in [0.1, 0.15) is 0 Å². The molecule has 1 rings (SSSR count). The zero-order chi connectivity index (χ0) is 13.1. The minimum atomic E-state index is 0.113. The molecule has 0 aliphatic rings. The first kappa shape index (κ1) is 16.3. The molecule has 0 atom stereocenters. The van der Waals surface area contributed by atoms with Gasteiger partial charge in [-0.2, -0.15) is 0 Å². The molecule has 0 radical (unpaired) electrons. The Morgan fingerprint density at radius 3 is 2.50 bits per heavy atom. The van der Waals surface area contributed by atoms with Crippen molar-refractivity contribution in [1.82, 2.24) is 0 Å². The van der Waals surface area contributed by atoms with E-state index in [-0.39, 0.29) is 20.9 Å². The first-order valence-corrected chi connectivity index (χ1v) is 11.4. The van der Waals surface area contributed by atoms with E-state index in [0.717, 1.165) is 0 Å². The predicted octanol–water partition coefficient (Wildman–Crippen LogP) is 3.97. The average molecular weight is 423 g/mol. The van der Waals surface area contributed by atoms with E-state index in [2.05, 4.69) is 50.3 Å². The molecule has 0 saturated carbocycles. The molecule has 0 nitrogen and oxygen atoms in total. The molecule has 1 aromatic carbocycles. The molecule has 100 valence electrons. The van der Waals surface area contributed by atoms with Gasteiger partial charge in [0.25, 0.3) is 0 Å². The standard InChI is InChI=1S/C16H24SeTe/c1-3-5-8-13-16(18-14-6-4-2)17-15-11-9-7-10-12-15/h7,9-13H,3-6,8,14H2,1-2H3/b16-13-. The maximum atomic E-state index is 2.58. The number of hydrogen-bond donors (Lipinski definition) is 0. The van der Waals surface area contributed by atoms with Crippen LogP contribution in [0.2, 0.25) is 4.47 Å². The fourth-order valence-electron chi connectivity index (χ4n) is 1.48. The summed E-state index contributed by atoms with van der Waals surface area (Å²) < 4.78 is 4.88. The van der Waals surface area contributed by atoms with Crippen molar-refractivity contribution in [3.05, 3.63) is 38.9 Å². The molecule has 18 heavy (non-hydrogen) atoms. The Labute approximate surface area is 129 Å². The molecule has 2 heteroatoms. The van der Waals surface area contributed by atoms with Crippen LogP contribution in [0, 0.1) is 0 Å². The third kappa shape index (κ3) is 7.65. The van der Waals surface area contributed by atoms with Crippen LogP contribution in [-0.2, 0) is 0 Å². The van der Waals surface area contributed by atoms with Crippen molar-refractivity contribution in [2.75, 3.05) is 0 Å². The van der Waals surface area contributed by atoms with Gasteiger partial charge in [-0.3, -0.25) is 0 Å². The van der Waals surface area contributed by atoms with Gasteiger partial charge in [0, 0.05) is 0 Å². The van der Waals surface area contributed by atoms with Gasteiger partial charge in [-0.15, -0.1) is 0 Å². The van der Waals surface area contributed by atoms with Crippen molar-refractivity contribution >= 4 is 40.3 Å². The van der Waals surface area contributed by atoms with Gasteiger partial charge in [-0.25, -0.2) is 0 Å². The van der Waals surface area contributed by atoms with Crippen molar-refractivity contribution in [3.63, 3.8) is 0 Å². The summed E-state index contributed by atoms with van der Waals surface area (Å²) in [5, 5.41) is 0. The summed E-state index contributed by atoms with van der Waals surface area (Å²) in [4.78, 5) is 0. The van der Waals surface area contributed by atoms with E-state index in [1.807, 2.05) is 2.52 Å². The van der Waals surface area contributed by atoms with E-state index >= 15 is 0 Å². The summed E-state index contributed by atoms with van der Waals surface area (Å²) in [5.74, 6) is 0. The average Bonchev–Trinajstić information content (AvgIpc) is 2.40. The Balaban J connectivity index is 2.50. The first-order valence-electron chi connectivity index (χ1n) is 6.92. The number of allylic oxidation sites excluding steroid dienone is 1. The van der Waals surface area contributed by atoms with Crippen LogP contribution in [0.3, 0.4) is 0 Å². The predicted molar refractivity (Wildman–Crippen MR) is 84.9 cm³/mol. The Kier molecular flexibility index (Phi) is 10.1. The molecule has 0 heterocycles. The molecule has 0 N–H and O–H groups in total. The minimum absolute atomic E-state index is 0.113. The summed E-state index contributed by atoms with van der Waals surface area (Å²) in [7, 11) is 0. The van der Waals surface area contributed by atoms with Crippen molar-refractivity contribution in [1.29, 1.82) is 0 Å².